The molecule has 0 aromatic heterocycles. The Morgan fingerprint density at radius 1 is 1.13 bits per heavy atom. The van der Waals surface area contributed by atoms with Crippen molar-refractivity contribution in [3.05, 3.63) is 11.1 Å². The molecule has 2 N–H and O–H groups in total. The van der Waals surface area contributed by atoms with Gasteiger partial charge in [-0.3, -0.25) is 4.79 Å². The minimum absolute atomic E-state index is 0.0449. The van der Waals surface area contributed by atoms with Crippen molar-refractivity contribution in [2.75, 3.05) is 6.54 Å². The molecule has 3 aliphatic carbocycles. The van der Waals surface area contributed by atoms with Gasteiger partial charge in [0, 0.05) is 24.4 Å². The van der Waals surface area contributed by atoms with E-state index in [2.05, 4.69) is 38.3 Å². The molecule has 10 atom stereocenters. The number of allylic oxidation sites excluding steroid dienone is 1. The van der Waals surface area contributed by atoms with Crippen LogP contribution in [0.3, 0.4) is 0 Å². The standard InChI is InChI=1S/C27H42N2O2/c1-15-11-22-25(28-14-15)17(3)27(31-22)10-7-18-19-5-6-23-26(4,9-8-24(30)29-23)21(19)12-20(18)16(2)13-27/h15,17-19,21-23,25,28H,5-14H2,1-4H3,(H,29,30)/t15-,17+,18-,19?,21-,22+,23+,25-,26+,27-/m0/s1. The van der Waals surface area contributed by atoms with Crippen LogP contribution in [0.25, 0.3) is 0 Å². The highest BCUT2D eigenvalue weighted by atomic mass is 16.5. The van der Waals surface area contributed by atoms with E-state index in [4.69, 9.17) is 4.74 Å². The summed E-state index contributed by atoms with van der Waals surface area (Å²) in [5, 5.41) is 7.22. The molecule has 3 saturated heterocycles. The van der Waals surface area contributed by atoms with Crippen LogP contribution in [-0.4, -0.2) is 36.2 Å². The molecule has 4 nitrogen and oxygen atoms in total. The first-order valence-electron chi connectivity index (χ1n) is 13.2. The fourth-order valence-corrected chi connectivity index (χ4v) is 9.27. The highest BCUT2D eigenvalue weighted by Gasteiger charge is 2.59. The lowest BCUT2D eigenvalue weighted by Crippen LogP contribution is -2.57. The molecule has 0 radical (unpaired) electrons. The summed E-state index contributed by atoms with van der Waals surface area (Å²) in [7, 11) is 0. The molecule has 3 aliphatic heterocycles. The monoisotopic (exact) mass is 426 g/mol. The Morgan fingerprint density at radius 3 is 2.81 bits per heavy atom. The first-order valence-corrected chi connectivity index (χ1v) is 13.2. The van der Waals surface area contributed by atoms with Gasteiger partial charge in [-0.25, -0.2) is 0 Å². The predicted octanol–water partition coefficient (Wildman–Crippen LogP) is 4.59. The van der Waals surface area contributed by atoms with Gasteiger partial charge in [0.2, 0.25) is 5.91 Å². The van der Waals surface area contributed by atoms with Gasteiger partial charge in [-0.05, 0) is 93.9 Å². The molecule has 31 heavy (non-hydrogen) atoms. The number of carbonyl (C=O) groups is 1. The molecule has 4 heteroatoms. The third-order valence-corrected chi connectivity index (χ3v) is 11.1. The Kier molecular flexibility index (Phi) is 4.72. The molecular formula is C27H42N2O2. The van der Waals surface area contributed by atoms with Crippen molar-refractivity contribution >= 4 is 5.91 Å². The molecule has 0 aromatic carbocycles. The van der Waals surface area contributed by atoms with Crippen molar-refractivity contribution in [3.8, 4) is 0 Å². The zero-order valence-corrected chi connectivity index (χ0v) is 20.0. The largest absolute Gasteiger partial charge is 0.369 e. The van der Waals surface area contributed by atoms with E-state index in [9.17, 15) is 4.79 Å². The second kappa shape index (κ2) is 7.06. The maximum atomic E-state index is 12.1. The highest BCUT2D eigenvalue weighted by molar-refractivity contribution is 5.77. The molecule has 3 heterocycles. The SMILES string of the molecule is CC1=C2C[C@H]3C(CC[C@H]4NC(=O)CC[C@@]43C)[C@@H]2CC[C@@]2(C1)O[C@@H]1C[C@H](C)CN[C@H]1[C@H]2C. The molecule has 0 bridgehead atoms. The third kappa shape index (κ3) is 2.96. The van der Waals surface area contributed by atoms with Crippen molar-refractivity contribution in [3.63, 3.8) is 0 Å². The van der Waals surface area contributed by atoms with E-state index in [1.165, 1.54) is 38.5 Å². The lowest BCUT2D eigenvalue weighted by Gasteiger charge is -2.52. The summed E-state index contributed by atoms with van der Waals surface area (Å²) in [6.45, 7) is 10.9. The number of hydrogen-bond donors (Lipinski definition) is 2. The fourth-order valence-electron chi connectivity index (χ4n) is 9.27. The summed E-state index contributed by atoms with van der Waals surface area (Å²) in [4.78, 5) is 12.1. The molecule has 6 aliphatic rings. The molecule has 172 valence electrons. The second-order valence-corrected chi connectivity index (χ2v) is 12.6. The van der Waals surface area contributed by atoms with E-state index < -0.39 is 0 Å². The molecular weight excluding hydrogens is 384 g/mol. The number of fused-ring (bicyclic) bond motifs is 6. The Hall–Kier alpha value is -0.870. The summed E-state index contributed by atoms with van der Waals surface area (Å²) >= 11 is 0. The van der Waals surface area contributed by atoms with Gasteiger partial charge in [-0.2, -0.15) is 0 Å². The smallest absolute Gasteiger partial charge is 0.220 e. The van der Waals surface area contributed by atoms with Crippen LogP contribution < -0.4 is 10.6 Å². The Bertz CT molecular complexity index is 807. The van der Waals surface area contributed by atoms with Crippen molar-refractivity contribution < 1.29 is 9.53 Å². The van der Waals surface area contributed by atoms with E-state index in [0.717, 1.165) is 49.5 Å². The number of ether oxygens (including phenoxy) is 1. The van der Waals surface area contributed by atoms with E-state index >= 15 is 0 Å². The van der Waals surface area contributed by atoms with Crippen molar-refractivity contribution in [1.82, 2.24) is 10.6 Å². The van der Waals surface area contributed by atoms with Gasteiger partial charge in [-0.15, -0.1) is 0 Å². The quantitative estimate of drug-likeness (QED) is 0.557. The van der Waals surface area contributed by atoms with Crippen LogP contribution in [-0.2, 0) is 9.53 Å². The molecule has 1 spiro atoms. The van der Waals surface area contributed by atoms with Crippen LogP contribution in [0.2, 0.25) is 0 Å². The van der Waals surface area contributed by atoms with E-state index in [1.54, 1.807) is 11.1 Å². The van der Waals surface area contributed by atoms with Gasteiger partial charge < -0.3 is 15.4 Å². The number of piperidine rings is 2. The number of amides is 1. The van der Waals surface area contributed by atoms with E-state index in [1.807, 2.05) is 0 Å². The zero-order chi connectivity index (χ0) is 21.5. The van der Waals surface area contributed by atoms with Crippen LogP contribution in [0.4, 0.5) is 0 Å². The summed E-state index contributed by atoms with van der Waals surface area (Å²) in [5.41, 5.74) is 3.77. The van der Waals surface area contributed by atoms with Crippen LogP contribution in [0.15, 0.2) is 11.1 Å². The number of nitrogens with one attached hydrogen (secondary N) is 2. The Morgan fingerprint density at radius 2 is 1.97 bits per heavy atom. The summed E-state index contributed by atoms with van der Waals surface area (Å²) in [6.07, 6.45) is 10.8. The van der Waals surface area contributed by atoms with Gasteiger partial charge >= 0.3 is 0 Å². The maximum absolute atomic E-state index is 12.1. The minimum atomic E-state index is 0.0449. The third-order valence-electron chi connectivity index (χ3n) is 11.1. The van der Waals surface area contributed by atoms with Crippen molar-refractivity contribution in [2.24, 2.45) is 35.0 Å². The second-order valence-electron chi connectivity index (χ2n) is 12.6. The zero-order valence-electron chi connectivity index (χ0n) is 20.0. The average molecular weight is 427 g/mol. The van der Waals surface area contributed by atoms with Crippen molar-refractivity contribution in [2.45, 2.75) is 109 Å². The minimum Gasteiger partial charge on any atom is -0.369 e. The molecule has 2 saturated carbocycles. The fraction of sp³-hybridized carbons (Fsp3) is 0.889. The van der Waals surface area contributed by atoms with Crippen LogP contribution >= 0.6 is 0 Å². The molecule has 6 rings (SSSR count). The molecule has 5 fully saturated rings. The normalized spacial score (nSPS) is 54.0. The van der Waals surface area contributed by atoms with Crippen LogP contribution in [0.5, 0.6) is 0 Å². The van der Waals surface area contributed by atoms with E-state index in [-0.39, 0.29) is 11.5 Å². The summed E-state index contributed by atoms with van der Waals surface area (Å²) in [5.74, 6) is 3.92. The van der Waals surface area contributed by atoms with Crippen LogP contribution in [0.1, 0.15) is 85.5 Å². The topological polar surface area (TPSA) is 50.4 Å². The maximum Gasteiger partial charge on any atom is 0.220 e. The lowest BCUT2D eigenvalue weighted by molar-refractivity contribution is -0.130. The number of hydrogen-bond acceptors (Lipinski definition) is 3. The van der Waals surface area contributed by atoms with Gasteiger partial charge in [0.1, 0.15) is 0 Å². The van der Waals surface area contributed by atoms with Crippen LogP contribution in [0, 0.1) is 35.0 Å². The molecule has 0 aromatic rings. The first kappa shape index (κ1) is 20.7. The van der Waals surface area contributed by atoms with Crippen molar-refractivity contribution in [1.29, 1.82) is 0 Å². The predicted molar refractivity (Wildman–Crippen MR) is 122 cm³/mol. The van der Waals surface area contributed by atoms with Gasteiger partial charge in [0.15, 0.2) is 0 Å². The lowest BCUT2D eigenvalue weighted by atomic mass is 9.57. The highest BCUT2D eigenvalue weighted by Crippen LogP contribution is 2.62. The first-order chi connectivity index (χ1) is 14.8. The molecule has 1 amide bonds. The Labute approximate surface area is 188 Å². The molecule has 1 unspecified atom stereocenters. The van der Waals surface area contributed by atoms with Gasteiger partial charge in [-0.1, -0.05) is 31.9 Å². The Balaban J connectivity index is 1.28. The number of rotatable bonds is 0. The summed E-state index contributed by atoms with van der Waals surface area (Å²) < 4.78 is 7.00. The van der Waals surface area contributed by atoms with E-state index in [0.29, 0.717) is 29.5 Å². The van der Waals surface area contributed by atoms with Gasteiger partial charge in [0.05, 0.1) is 11.7 Å². The summed E-state index contributed by atoms with van der Waals surface area (Å²) in [6, 6.07) is 0.943. The average Bonchev–Trinajstić information content (AvgIpc) is 3.19. The number of carbonyl (C=O) groups excluding carboxylic acids is 1. The van der Waals surface area contributed by atoms with Gasteiger partial charge in [0.25, 0.3) is 0 Å².